The second kappa shape index (κ2) is 29.2. The van der Waals surface area contributed by atoms with E-state index in [0.29, 0.717) is 56.8 Å². The number of esters is 3. The fraction of sp³-hybridized carbons (Fsp3) is 0.929. The first kappa shape index (κ1) is 44.4. The van der Waals surface area contributed by atoms with Gasteiger partial charge in [-0.3, -0.25) is 14.4 Å². The van der Waals surface area contributed by atoms with Crippen molar-refractivity contribution in [2.75, 3.05) is 19.8 Å². The predicted molar refractivity (Wildman–Crippen MR) is 199 cm³/mol. The Kier molecular flexibility index (Phi) is 27.0. The van der Waals surface area contributed by atoms with Gasteiger partial charge < -0.3 is 14.2 Å². The van der Waals surface area contributed by atoms with Gasteiger partial charge in [0, 0.05) is 19.3 Å². The van der Waals surface area contributed by atoms with E-state index in [-0.39, 0.29) is 17.9 Å². The van der Waals surface area contributed by atoms with Crippen LogP contribution in [0.5, 0.6) is 0 Å². The van der Waals surface area contributed by atoms with Crippen LogP contribution in [-0.2, 0) is 28.6 Å². The van der Waals surface area contributed by atoms with E-state index in [0.717, 1.165) is 94.8 Å². The predicted octanol–water partition coefficient (Wildman–Crippen LogP) is 11.8. The normalized spacial score (nSPS) is 18.1. The number of carbonyl (C=O) groups excluding carboxylic acids is 3. The van der Waals surface area contributed by atoms with Crippen LogP contribution in [0, 0.1) is 35.5 Å². The van der Waals surface area contributed by atoms with Crippen molar-refractivity contribution >= 4 is 17.9 Å². The first-order valence-electron chi connectivity index (χ1n) is 20.5. The van der Waals surface area contributed by atoms with Crippen LogP contribution in [0.3, 0.4) is 0 Å². The van der Waals surface area contributed by atoms with E-state index >= 15 is 0 Å². The van der Waals surface area contributed by atoms with Crippen LogP contribution in [0.4, 0.5) is 0 Å². The summed E-state index contributed by atoms with van der Waals surface area (Å²) in [5.74, 6) is 3.25. The molecule has 1 saturated carbocycles. The Bertz CT molecular complexity index is 695. The SMILES string of the molecule is CC(C)CCCCCCOC(=O)CCC1CC(CCC(=O)OCCCCCCC(C)C)CC(CCC(=O)OCCCCCCC(C)C)C1. The van der Waals surface area contributed by atoms with Gasteiger partial charge in [0.2, 0.25) is 0 Å². The van der Waals surface area contributed by atoms with Crippen molar-refractivity contribution in [1.82, 2.24) is 0 Å². The van der Waals surface area contributed by atoms with Crippen molar-refractivity contribution in [1.29, 1.82) is 0 Å². The minimum absolute atomic E-state index is 0.0866. The van der Waals surface area contributed by atoms with Crippen molar-refractivity contribution in [3.05, 3.63) is 0 Å². The van der Waals surface area contributed by atoms with Crippen molar-refractivity contribution in [3.8, 4) is 0 Å². The maximum Gasteiger partial charge on any atom is 0.305 e. The molecular formula is C42H78O6. The molecule has 282 valence electrons. The number of unbranched alkanes of at least 4 members (excludes halogenated alkanes) is 9. The zero-order valence-electron chi connectivity index (χ0n) is 32.5. The van der Waals surface area contributed by atoms with Gasteiger partial charge in [-0.25, -0.2) is 0 Å². The molecule has 0 unspecified atom stereocenters. The lowest BCUT2D eigenvalue weighted by atomic mass is 9.71. The zero-order valence-corrected chi connectivity index (χ0v) is 32.5. The van der Waals surface area contributed by atoms with Gasteiger partial charge in [-0.05, 0) is 93.3 Å². The van der Waals surface area contributed by atoms with E-state index in [4.69, 9.17) is 14.2 Å². The summed E-state index contributed by atoms with van der Waals surface area (Å²) in [7, 11) is 0. The molecule has 1 aliphatic carbocycles. The molecule has 0 aromatic carbocycles. The molecule has 6 nitrogen and oxygen atoms in total. The second-order valence-electron chi connectivity index (χ2n) is 16.4. The molecule has 1 fully saturated rings. The Morgan fingerprint density at radius 1 is 0.417 bits per heavy atom. The Balaban J connectivity index is 2.44. The molecule has 48 heavy (non-hydrogen) atoms. The molecule has 0 aliphatic heterocycles. The lowest BCUT2D eigenvalue weighted by Crippen LogP contribution is -2.25. The van der Waals surface area contributed by atoms with Crippen molar-refractivity contribution < 1.29 is 28.6 Å². The summed E-state index contributed by atoms with van der Waals surface area (Å²) >= 11 is 0. The fourth-order valence-electron chi connectivity index (χ4n) is 7.18. The molecule has 0 N–H and O–H groups in total. The molecule has 0 radical (unpaired) electrons. The molecule has 0 aromatic rings. The van der Waals surface area contributed by atoms with Crippen molar-refractivity contribution in [3.63, 3.8) is 0 Å². The van der Waals surface area contributed by atoms with Crippen LogP contribution in [0.25, 0.3) is 0 Å². The molecule has 1 rings (SSSR count). The van der Waals surface area contributed by atoms with Crippen LogP contribution < -0.4 is 0 Å². The first-order valence-corrected chi connectivity index (χ1v) is 20.5. The second-order valence-corrected chi connectivity index (χ2v) is 16.4. The Morgan fingerprint density at radius 2 is 0.667 bits per heavy atom. The van der Waals surface area contributed by atoms with Gasteiger partial charge in [0.05, 0.1) is 19.8 Å². The van der Waals surface area contributed by atoms with Crippen molar-refractivity contribution in [2.24, 2.45) is 35.5 Å². The Morgan fingerprint density at radius 3 is 0.917 bits per heavy atom. The molecule has 0 amide bonds. The standard InChI is InChI=1S/C42H78O6/c1-34(2)19-13-7-10-16-28-46-40(43)25-22-37-31-38(23-26-41(44)47-29-17-11-8-14-20-35(3)4)33-39(32-37)24-27-42(45)48-30-18-12-9-15-21-36(5)6/h34-39H,7-33H2,1-6H3. The molecule has 0 bridgehead atoms. The number of rotatable bonds is 30. The van der Waals surface area contributed by atoms with Gasteiger partial charge in [0.1, 0.15) is 0 Å². The Hall–Kier alpha value is -1.59. The molecular weight excluding hydrogens is 600 g/mol. The van der Waals surface area contributed by atoms with Crippen LogP contribution in [0.15, 0.2) is 0 Å². The number of ether oxygens (including phenoxy) is 3. The van der Waals surface area contributed by atoms with E-state index < -0.39 is 0 Å². The van der Waals surface area contributed by atoms with E-state index in [9.17, 15) is 14.4 Å². The minimum Gasteiger partial charge on any atom is -0.466 e. The summed E-state index contributed by atoms with van der Waals surface area (Å²) < 4.78 is 16.7. The lowest BCUT2D eigenvalue weighted by molar-refractivity contribution is -0.144. The summed E-state index contributed by atoms with van der Waals surface area (Å²) in [5, 5.41) is 0. The molecule has 0 spiro atoms. The van der Waals surface area contributed by atoms with E-state index in [1.54, 1.807) is 0 Å². The third kappa shape index (κ3) is 27.3. The largest absolute Gasteiger partial charge is 0.466 e. The number of carbonyl (C=O) groups is 3. The maximum atomic E-state index is 12.5. The maximum absolute atomic E-state index is 12.5. The third-order valence-electron chi connectivity index (χ3n) is 10.1. The smallest absolute Gasteiger partial charge is 0.305 e. The van der Waals surface area contributed by atoms with Crippen LogP contribution >= 0.6 is 0 Å². The topological polar surface area (TPSA) is 78.9 Å². The highest BCUT2D eigenvalue weighted by molar-refractivity contribution is 5.70. The summed E-state index contributed by atoms with van der Waals surface area (Å²) in [6.45, 7) is 15.1. The minimum atomic E-state index is -0.0866. The van der Waals surface area contributed by atoms with E-state index in [2.05, 4.69) is 41.5 Å². The van der Waals surface area contributed by atoms with Gasteiger partial charge >= 0.3 is 17.9 Å². The Labute approximate surface area is 297 Å². The van der Waals surface area contributed by atoms with Gasteiger partial charge in [-0.1, -0.05) is 119 Å². The molecule has 0 heterocycles. The molecule has 0 aromatic heterocycles. The van der Waals surface area contributed by atoms with Crippen LogP contribution in [0.1, 0.15) is 196 Å². The zero-order chi connectivity index (χ0) is 35.4. The quantitative estimate of drug-likeness (QED) is 0.0427. The van der Waals surface area contributed by atoms with Crippen LogP contribution in [-0.4, -0.2) is 37.7 Å². The van der Waals surface area contributed by atoms with Gasteiger partial charge in [0.25, 0.3) is 0 Å². The molecule has 1 aliphatic rings. The van der Waals surface area contributed by atoms with Gasteiger partial charge in [-0.2, -0.15) is 0 Å². The average molecular weight is 679 g/mol. The first-order chi connectivity index (χ1) is 23.0. The highest BCUT2D eigenvalue weighted by atomic mass is 16.5. The highest BCUT2D eigenvalue weighted by Crippen LogP contribution is 2.40. The molecule has 0 saturated heterocycles. The molecule has 0 atom stereocenters. The number of hydrogen-bond donors (Lipinski definition) is 0. The summed E-state index contributed by atoms with van der Waals surface area (Å²) in [5.41, 5.74) is 0. The number of hydrogen-bond acceptors (Lipinski definition) is 6. The summed E-state index contributed by atoms with van der Waals surface area (Å²) in [6.07, 6.45) is 24.3. The monoisotopic (exact) mass is 679 g/mol. The highest BCUT2D eigenvalue weighted by Gasteiger charge is 2.30. The van der Waals surface area contributed by atoms with Crippen molar-refractivity contribution in [2.45, 2.75) is 196 Å². The van der Waals surface area contributed by atoms with E-state index in [1.807, 2.05) is 0 Å². The lowest BCUT2D eigenvalue weighted by Gasteiger charge is -2.35. The van der Waals surface area contributed by atoms with Gasteiger partial charge in [-0.15, -0.1) is 0 Å². The fourth-order valence-corrected chi connectivity index (χ4v) is 7.18. The third-order valence-corrected chi connectivity index (χ3v) is 10.1. The van der Waals surface area contributed by atoms with E-state index in [1.165, 1.54) is 57.8 Å². The summed E-state index contributed by atoms with van der Waals surface area (Å²) in [6, 6.07) is 0. The van der Waals surface area contributed by atoms with Crippen LogP contribution in [0.2, 0.25) is 0 Å². The van der Waals surface area contributed by atoms with Gasteiger partial charge in [0.15, 0.2) is 0 Å². The average Bonchev–Trinajstić information content (AvgIpc) is 3.03. The molecule has 6 heteroatoms. The summed E-state index contributed by atoms with van der Waals surface area (Å²) in [4.78, 5) is 37.6.